The molecule has 6 heteroatoms. The fraction of sp³-hybridized carbons (Fsp3) is 0.531. The Balaban J connectivity index is 1.52. The Morgan fingerprint density at radius 1 is 1.08 bits per heavy atom. The zero-order valence-electron chi connectivity index (χ0n) is 24.0. The van der Waals surface area contributed by atoms with Gasteiger partial charge in [-0.2, -0.15) is 5.10 Å². The highest BCUT2D eigenvalue weighted by molar-refractivity contribution is 5.95. The molecule has 6 nitrogen and oxygen atoms in total. The van der Waals surface area contributed by atoms with E-state index in [4.69, 9.17) is 9.72 Å². The van der Waals surface area contributed by atoms with E-state index in [0.29, 0.717) is 17.9 Å². The molecule has 0 N–H and O–H groups in total. The van der Waals surface area contributed by atoms with Crippen LogP contribution in [0.4, 0.5) is 5.69 Å². The summed E-state index contributed by atoms with van der Waals surface area (Å²) < 4.78 is 7.37. The molecule has 204 valence electrons. The second kappa shape index (κ2) is 12.6. The molecule has 0 saturated heterocycles. The van der Waals surface area contributed by atoms with Gasteiger partial charge < -0.3 is 9.64 Å². The van der Waals surface area contributed by atoms with Gasteiger partial charge in [-0.25, -0.2) is 0 Å². The Bertz CT molecular complexity index is 1210. The van der Waals surface area contributed by atoms with E-state index < -0.39 is 0 Å². The van der Waals surface area contributed by atoms with Gasteiger partial charge in [0.25, 0.3) is 0 Å². The van der Waals surface area contributed by atoms with E-state index in [9.17, 15) is 4.79 Å². The van der Waals surface area contributed by atoms with Gasteiger partial charge in [0.05, 0.1) is 19.0 Å². The van der Waals surface area contributed by atoms with Crippen molar-refractivity contribution in [2.75, 3.05) is 18.6 Å². The summed E-state index contributed by atoms with van der Waals surface area (Å²) in [6.07, 6.45) is 10.1. The van der Waals surface area contributed by atoms with Crippen molar-refractivity contribution in [2.24, 2.45) is 11.8 Å². The smallest absolute Gasteiger partial charge is 0.230 e. The van der Waals surface area contributed by atoms with Crippen molar-refractivity contribution in [2.45, 2.75) is 85.1 Å². The lowest BCUT2D eigenvalue weighted by Crippen LogP contribution is -2.40. The van der Waals surface area contributed by atoms with Gasteiger partial charge in [-0.1, -0.05) is 26.0 Å². The summed E-state index contributed by atoms with van der Waals surface area (Å²) >= 11 is 0. The monoisotopic (exact) mass is 516 g/mol. The maximum Gasteiger partial charge on any atom is 0.230 e. The highest BCUT2D eigenvalue weighted by Gasteiger charge is 2.29. The molecule has 38 heavy (non-hydrogen) atoms. The second-order valence-corrected chi connectivity index (χ2v) is 11.1. The number of benzene rings is 1. The van der Waals surface area contributed by atoms with Crippen molar-refractivity contribution >= 4 is 11.6 Å². The van der Waals surface area contributed by atoms with Gasteiger partial charge in [0.1, 0.15) is 5.75 Å². The summed E-state index contributed by atoms with van der Waals surface area (Å²) in [6.45, 7) is 11.3. The van der Waals surface area contributed by atoms with Crippen molar-refractivity contribution < 1.29 is 9.53 Å². The van der Waals surface area contributed by atoms with Crippen LogP contribution in [0.5, 0.6) is 5.75 Å². The van der Waals surface area contributed by atoms with E-state index in [0.717, 1.165) is 73.3 Å². The Labute approximate surface area is 228 Å². The molecule has 1 saturated carbocycles. The van der Waals surface area contributed by atoms with Crippen LogP contribution < -0.4 is 9.64 Å². The number of ether oxygens (including phenoxy) is 1. The summed E-state index contributed by atoms with van der Waals surface area (Å²) in [5.74, 6) is 2.10. The highest BCUT2D eigenvalue weighted by atomic mass is 16.5. The van der Waals surface area contributed by atoms with E-state index in [1.165, 1.54) is 5.69 Å². The van der Waals surface area contributed by atoms with Crippen molar-refractivity contribution in [3.05, 3.63) is 60.2 Å². The third-order valence-electron chi connectivity index (χ3n) is 8.21. The zero-order valence-corrected chi connectivity index (χ0v) is 24.0. The lowest BCUT2D eigenvalue weighted by Gasteiger charge is -2.34. The molecule has 0 atom stereocenters. The number of methoxy groups -OCH3 is 1. The summed E-state index contributed by atoms with van der Waals surface area (Å²) in [5.41, 5.74) is 5.29. The van der Waals surface area contributed by atoms with E-state index in [-0.39, 0.29) is 11.8 Å². The lowest BCUT2D eigenvalue weighted by atomic mass is 9.80. The fourth-order valence-corrected chi connectivity index (χ4v) is 5.71. The van der Waals surface area contributed by atoms with Crippen molar-refractivity contribution in [1.29, 1.82) is 0 Å². The normalized spacial score (nSPS) is 17.7. The first kappa shape index (κ1) is 27.9. The molecule has 0 unspecified atom stereocenters. The van der Waals surface area contributed by atoms with Crippen LogP contribution in [0.25, 0.3) is 11.1 Å². The first-order valence-corrected chi connectivity index (χ1v) is 14.3. The van der Waals surface area contributed by atoms with Crippen LogP contribution in [0, 0.1) is 18.8 Å². The maximum absolute atomic E-state index is 13.8. The first-order valence-electron chi connectivity index (χ1n) is 14.3. The topological polar surface area (TPSA) is 60.3 Å². The van der Waals surface area contributed by atoms with Crippen LogP contribution in [0.15, 0.2) is 48.8 Å². The predicted molar refractivity (Wildman–Crippen MR) is 155 cm³/mol. The molecule has 0 aliphatic heterocycles. The number of hydrogen-bond acceptors (Lipinski definition) is 4. The third-order valence-corrected chi connectivity index (χ3v) is 8.21. The quantitative estimate of drug-likeness (QED) is 0.279. The second-order valence-electron chi connectivity index (χ2n) is 11.1. The molecule has 0 radical (unpaired) electrons. The Morgan fingerprint density at radius 3 is 2.42 bits per heavy atom. The molecule has 1 aliphatic rings. The molecule has 0 spiro atoms. The molecule has 1 fully saturated rings. The average Bonchev–Trinajstić information content (AvgIpc) is 3.44. The SMILES string of the molecule is CCC(CC)C(=O)N(CC1CCC(c2ccc(OC)c(C)n2)CC1)c1cccc(-c2cnn(C(C)C)c2)c1. The maximum atomic E-state index is 13.8. The lowest BCUT2D eigenvalue weighted by molar-refractivity contribution is -0.122. The van der Waals surface area contributed by atoms with Gasteiger partial charge in [0, 0.05) is 47.6 Å². The van der Waals surface area contributed by atoms with E-state index >= 15 is 0 Å². The van der Waals surface area contributed by atoms with Crippen LogP contribution in [-0.4, -0.2) is 34.3 Å². The number of anilines is 1. The average molecular weight is 517 g/mol. The van der Waals surface area contributed by atoms with Gasteiger partial charge in [0.15, 0.2) is 0 Å². The molecular formula is C32H44N4O2. The van der Waals surface area contributed by atoms with Crippen molar-refractivity contribution in [3.63, 3.8) is 0 Å². The predicted octanol–water partition coefficient (Wildman–Crippen LogP) is 7.59. The number of hydrogen-bond donors (Lipinski definition) is 0. The molecule has 2 heterocycles. The van der Waals surface area contributed by atoms with Gasteiger partial charge in [-0.05, 0) is 95.0 Å². The zero-order chi connectivity index (χ0) is 27.2. The summed E-state index contributed by atoms with van der Waals surface area (Å²) in [6, 6.07) is 12.9. The molecule has 0 bridgehead atoms. The van der Waals surface area contributed by atoms with E-state index in [1.807, 2.05) is 23.9 Å². The molecule has 1 aliphatic carbocycles. The van der Waals surface area contributed by atoms with Crippen LogP contribution >= 0.6 is 0 Å². The summed E-state index contributed by atoms with van der Waals surface area (Å²) in [7, 11) is 1.69. The molecule has 3 aromatic rings. The van der Waals surface area contributed by atoms with Gasteiger partial charge in [0.2, 0.25) is 5.91 Å². The molecule has 1 amide bonds. The van der Waals surface area contributed by atoms with Crippen molar-refractivity contribution in [3.8, 4) is 16.9 Å². The third kappa shape index (κ3) is 6.28. The molecule has 4 rings (SSSR count). The van der Waals surface area contributed by atoms with Crippen LogP contribution in [0.2, 0.25) is 0 Å². The molecular weight excluding hydrogens is 472 g/mol. The fourth-order valence-electron chi connectivity index (χ4n) is 5.71. The minimum atomic E-state index is 0.0464. The van der Waals surface area contributed by atoms with E-state index in [2.05, 4.69) is 74.2 Å². The van der Waals surface area contributed by atoms with Gasteiger partial charge in [-0.15, -0.1) is 0 Å². The minimum absolute atomic E-state index is 0.0464. The molecule has 2 aromatic heterocycles. The summed E-state index contributed by atoms with van der Waals surface area (Å²) in [5, 5.41) is 4.52. The van der Waals surface area contributed by atoms with Crippen molar-refractivity contribution in [1.82, 2.24) is 14.8 Å². The van der Waals surface area contributed by atoms with Gasteiger partial charge in [-0.3, -0.25) is 14.5 Å². The van der Waals surface area contributed by atoms with Crippen LogP contribution in [0.3, 0.4) is 0 Å². The minimum Gasteiger partial charge on any atom is -0.495 e. The number of rotatable bonds is 10. The Hall–Kier alpha value is -3.15. The number of nitrogens with zero attached hydrogens (tertiary/aromatic N) is 4. The number of aryl methyl sites for hydroxylation is 1. The summed E-state index contributed by atoms with van der Waals surface area (Å²) in [4.78, 5) is 20.7. The van der Waals surface area contributed by atoms with E-state index in [1.54, 1.807) is 7.11 Å². The number of amides is 1. The van der Waals surface area contributed by atoms with Crippen LogP contribution in [0.1, 0.15) is 89.6 Å². The standard InChI is InChI=1S/C32H44N4O2/c1-7-25(8-2)32(37)35(29-11-9-10-27(18-29)28-19-33-36(21-28)22(3)4)20-24-12-14-26(15-13-24)30-16-17-31(38-6)23(5)34-30/h9-11,16-19,21-22,24-26H,7-8,12-15,20H2,1-6H3. The Kier molecular flexibility index (Phi) is 9.24. The number of carbonyl (C=O) groups is 1. The molecule has 1 aromatic carbocycles. The number of aromatic nitrogens is 3. The Morgan fingerprint density at radius 2 is 1.82 bits per heavy atom. The highest BCUT2D eigenvalue weighted by Crippen LogP contribution is 2.37. The number of pyridine rings is 1. The largest absolute Gasteiger partial charge is 0.495 e. The first-order chi connectivity index (χ1) is 18.3. The van der Waals surface area contributed by atoms with Gasteiger partial charge >= 0.3 is 0 Å². The van der Waals surface area contributed by atoms with Crippen LogP contribution in [-0.2, 0) is 4.79 Å². The number of carbonyl (C=O) groups excluding carboxylic acids is 1.